The molecule has 2 aromatic heterocycles. The summed E-state index contributed by atoms with van der Waals surface area (Å²) in [5.74, 6) is 1.38. The molecule has 144 valence electrons. The van der Waals surface area contributed by atoms with E-state index in [9.17, 15) is 9.90 Å². The van der Waals surface area contributed by atoms with Gasteiger partial charge in [0.25, 0.3) is 0 Å². The van der Waals surface area contributed by atoms with Crippen molar-refractivity contribution in [3.8, 4) is 0 Å². The highest BCUT2D eigenvalue weighted by molar-refractivity contribution is 7.17. The van der Waals surface area contributed by atoms with E-state index in [4.69, 9.17) is 0 Å². The van der Waals surface area contributed by atoms with E-state index in [-0.39, 0.29) is 23.5 Å². The summed E-state index contributed by atoms with van der Waals surface area (Å²) in [4.78, 5) is 26.4. The van der Waals surface area contributed by atoms with Crippen LogP contribution in [-0.4, -0.2) is 57.2 Å². The average Bonchev–Trinajstić information content (AvgIpc) is 3.22. The highest BCUT2D eigenvalue weighted by Gasteiger charge is 2.44. The maximum absolute atomic E-state index is 12.8. The predicted molar refractivity (Wildman–Crippen MR) is 106 cm³/mol. The molecule has 4 heterocycles. The van der Waals surface area contributed by atoms with Gasteiger partial charge in [0.2, 0.25) is 5.91 Å². The van der Waals surface area contributed by atoms with Crippen LogP contribution in [-0.2, 0) is 4.79 Å². The van der Waals surface area contributed by atoms with E-state index >= 15 is 0 Å². The summed E-state index contributed by atoms with van der Waals surface area (Å²) in [6, 6.07) is 2.06. The molecule has 0 bridgehead atoms. The largest absolute Gasteiger partial charge is 0.393 e. The molecule has 2 aliphatic heterocycles. The lowest BCUT2D eigenvalue weighted by atomic mass is 9.81. The Morgan fingerprint density at radius 3 is 2.78 bits per heavy atom. The molecule has 1 atom stereocenters. The van der Waals surface area contributed by atoms with Crippen molar-refractivity contribution in [3.63, 3.8) is 0 Å². The first-order valence-electron chi connectivity index (χ1n) is 10.1. The van der Waals surface area contributed by atoms with Crippen LogP contribution in [0, 0.1) is 5.92 Å². The van der Waals surface area contributed by atoms with Gasteiger partial charge in [0.05, 0.1) is 16.3 Å². The van der Waals surface area contributed by atoms with E-state index in [0.717, 1.165) is 50.2 Å². The Kier molecular flexibility index (Phi) is 4.31. The van der Waals surface area contributed by atoms with E-state index in [2.05, 4.69) is 31.2 Å². The van der Waals surface area contributed by atoms with Gasteiger partial charge in [-0.1, -0.05) is 0 Å². The third kappa shape index (κ3) is 2.91. The molecule has 1 saturated carbocycles. The first-order valence-corrected chi connectivity index (χ1v) is 11.0. The summed E-state index contributed by atoms with van der Waals surface area (Å²) in [7, 11) is 0. The van der Waals surface area contributed by atoms with Gasteiger partial charge in [-0.15, -0.1) is 11.3 Å². The van der Waals surface area contributed by atoms with E-state index in [1.807, 2.05) is 0 Å². The van der Waals surface area contributed by atoms with Crippen molar-refractivity contribution >= 4 is 33.3 Å². The number of hydrogen-bond acceptors (Lipinski definition) is 6. The van der Waals surface area contributed by atoms with Crippen LogP contribution < -0.4 is 4.90 Å². The Bertz CT molecular complexity index is 849. The predicted octanol–water partition coefficient (Wildman–Crippen LogP) is 2.81. The lowest BCUT2D eigenvalue weighted by Gasteiger charge is -2.39. The molecule has 6 nitrogen and oxygen atoms in total. The summed E-state index contributed by atoms with van der Waals surface area (Å²) >= 11 is 1.72. The van der Waals surface area contributed by atoms with Gasteiger partial charge in [-0.05, 0) is 56.4 Å². The molecule has 1 amide bonds. The number of amides is 1. The van der Waals surface area contributed by atoms with Crippen LogP contribution in [0.4, 0.5) is 5.82 Å². The molecule has 0 aromatic carbocycles. The Hall–Kier alpha value is -1.73. The number of thiophene rings is 1. The topological polar surface area (TPSA) is 69.6 Å². The van der Waals surface area contributed by atoms with Gasteiger partial charge in [0.1, 0.15) is 12.1 Å². The maximum atomic E-state index is 12.8. The van der Waals surface area contributed by atoms with Crippen molar-refractivity contribution in [2.24, 2.45) is 5.92 Å². The van der Waals surface area contributed by atoms with Crippen molar-refractivity contribution in [1.82, 2.24) is 14.9 Å². The molecule has 5 rings (SSSR count). The number of aliphatic hydroxyl groups is 1. The summed E-state index contributed by atoms with van der Waals surface area (Å²) in [6.45, 7) is 2.70. The normalized spacial score (nSPS) is 31.3. The van der Waals surface area contributed by atoms with Crippen molar-refractivity contribution in [2.75, 3.05) is 24.5 Å². The lowest BCUT2D eigenvalue weighted by molar-refractivity contribution is -0.142. The number of fused-ring (bicyclic) bond motifs is 1. The Morgan fingerprint density at radius 2 is 1.96 bits per heavy atom. The zero-order valence-electron chi connectivity index (χ0n) is 15.5. The summed E-state index contributed by atoms with van der Waals surface area (Å²) in [5.41, 5.74) is 1.14. The smallest absolute Gasteiger partial charge is 0.225 e. The number of carbonyl (C=O) groups is 1. The molecule has 7 heteroatoms. The second kappa shape index (κ2) is 6.71. The second-order valence-electron chi connectivity index (χ2n) is 8.31. The highest BCUT2D eigenvalue weighted by atomic mass is 32.1. The molecule has 27 heavy (non-hydrogen) atoms. The Labute approximate surface area is 163 Å². The van der Waals surface area contributed by atoms with E-state index in [1.54, 1.807) is 17.7 Å². The van der Waals surface area contributed by atoms with Crippen LogP contribution in [0.25, 0.3) is 10.2 Å². The second-order valence-corrected chi connectivity index (χ2v) is 9.23. The van der Waals surface area contributed by atoms with Crippen LogP contribution in [0.1, 0.15) is 44.9 Å². The minimum atomic E-state index is -0.270. The first kappa shape index (κ1) is 17.4. The molecule has 1 aliphatic carbocycles. The Morgan fingerprint density at radius 1 is 1.15 bits per heavy atom. The molecule has 3 aliphatic rings. The average molecular weight is 387 g/mol. The van der Waals surface area contributed by atoms with E-state index in [1.165, 1.54) is 17.5 Å². The lowest BCUT2D eigenvalue weighted by Crippen LogP contribution is -2.47. The number of aromatic nitrogens is 2. The van der Waals surface area contributed by atoms with Gasteiger partial charge in [0.15, 0.2) is 0 Å². The minimum Gasteiger partial charge on any atom is -0.393 e. The Balaban J connectivity index is 1.37. The van der Waals surface area contributed by atoms with Crippen LogP contribution >= 0.6 is 11.3 Å². The van der Waals surface area contributed by atoms with Crippen molar-refractivity contribution < 1.29 is 9.90 Å². The molecular formula is C20H26N4O2S. The fraction of sp³-hybridized carbons (Fsp3) is 0.650. The molecule has 3 fully saturated rings. The SMILES string of the molecule is O=C(C1CC(O)C1)N1CCCC2(CCCN2c2ncnc3ccsc23)CC1. The standard InChI is InChI=1S/C20H26N4O2S/c25-15-11-14(12-15)19(26)23-7-1-4-20(6-9-23)5-2-8-24(20)18-17-16(3-10-27-17)21-13-22-18/h3,10,13-15,25H,1-2,4-9,11-12H2. The monoisotopic (exact) mass is 386 g/mol. The quantitative estimate of drug-likeness (QED) is 0.859. The molecule has 1 unspecified atom stereocenters. The van der Waals surface area contributed by atoms with Gasteiger partial charge in [-0.3, -0.25) is 4.79 Å². The number of nitrogens with zero attached hydrogens (tertiary/aromatic N) is 4. The van der Waals surface area contributed by atoms with Crippen LogP contribution in [0.5, 0.6) is 0 Å². The van der Waals surface area contributed by atoms with Gasteiger partial charge < -0.3 is 14.9 Å². The van der Waals surface area contributed by atoms with Gasteiger partial charge in [0, 0.05) is 31.1 Å². The van der Waals surface area contributed by atoms with Crippen LogP contribution in [0.3, 0.4) is 0 Å². The van der Waals surface area contributed by atoms with Crippen LogP contribution in [0.2, 0.25) is 0 Å². The number of anilines is 1. The molecule has 2 aromatic rings. The van der Waals surface area contributed by atoms with Gasteiger partial charge in [-0.2, -0.15) is 0 Å². The maximum Gasteiger partial charge on any atom is 0.225 e. The summed E-state index contributed by atoms with van der Waals surface area (Å²) in [5, 5.41) is 11.6. The molecule has 1 spiro atoms. The fourth-order valence-electron chi connectivity index (χ4n) is 5.20. The third-order valence-corrected chi connectivity index (χ3v) is 7.67. The van der Waals surface area contributed by atoms with Crippen LogP contribution in [0.15, 0.2) is 17.8 Å². The van der Waals surface area contributed by atoms with E-state index < -0.39 is 0 Å². The van der Waals surface area contributed by atoms with Gasteiger partial charge >= 0.3 is 0 Å². The molecule has 0 radical (unpaired) electrons. The third-order valence-electron chi connectivity index (χ3n) is 6.77. The zero-order chi connectivity index (χ0) is 18.4. The van der Waals surface area contributed by atoms with Crippen molar-refractivity contribution in [1.29, 1.82) is 0 Å². The van der Waals surface area contributed by atoms with Crippen molar-refractivity contribution in [3.05, 3.63) is 17.8 Å². The number of carbonyl (C=O) groups excluding carboxylic acids is 1. The molecule has 2 saturated heterocycles. The summed E-state index contributed by atoms with van der Waals surface area (Å²) < 4.78 is 1.18. The van der Waals surface area contributed by atoms with E-state index in [0.29, 0.717) is 12.8 Å². The van der Waals surface area contributed by atoms with Crippen molar-refractivity contribution in [2.45, 2.75) is 56.6 Å². The number of rotatable bonds is 2. The first-order chi connectivity index (χ1) is 13.2. The molecular weight excluding hydrogens is 360 g/mol. The minimum absolute atomic E-state index is 0.0429. The zero-order valence-corrected chi connectivity index (χ0v) is 16.3. The number of aliphatic hydroxyl groups excluding tert-OH is 1. The fourth-order valence-corrected chi connectivity index (χ4v) is 6.05. The number of hydrogen-bond donors (Lipinski definition) is 1. The molecule has 1 N–H and O–H groups in total. The highest BCUT2D eigenvalue weighted by Crippen LogP contribution is 2.43. The van der Waals surface area contributed by atoms with Gasteiger partial charge in [-0.25, -0.2) is 9.97 Å². The number of likely N-dealkylation sites (tertiary alicyclic amines) is 1. The summed E-state index contributed by atoms with van der Waals surface area (Å²) in [6.07, 6.45) is 8.21.